The molecule has 1 atom stereocenters. The Bertz CT molecular complexity index is 621. The summed E-state index contributed by atoms with van der Waals surface area (Å²) in [5, 5.41) is 5.00. The van der Waals surface area contributed by atoms with Gasteiger partial charge in [-0.05, 0) is 47.9 Å². The maximum absolute atomic E-state index is 11.9. The van der Waals surface area contributed by atoms with Crippen molar-refractivity contribution in [2.45, 2.75) is 32.7 Å². The molecule has 1 aliphatic heterocycles. The van der Waals surface area contributed by atoms with Gasteiger partial charge in [-0.15, -0.1) is 11.3 Å². The van der Waals surface area contributed by atoms with Crippen LogP contribution in [0, 0.1) is 5.92 Å². The Morgan fingerprint density at radius 2 is 2.13 bits per heavy atom. The molecule has 0 unspecified atom stereocenters. The number of anilines is 1. The number of carbonyl (C=O) groups excluding carboxylic acids is 1. The monoisotopic (exact) mass is 328 g/mol. The van der Waals surface area contributed by atoms with Crippen LogP contribution in [0.5, 0.6) is 0 Å². The van der Waals surface area contributed by atoms with Crippen LogP contribution in [-0.2, 0) is 17.8 Å². The number of rotatable bonds is 5. The van der Waals surface area contributed by atoms with Crippen LogP contribution in [0.3, 0.4) is 0 Å². The molecule has 1 aromatic heterocycles. The lowest BCUT2D eigenvalue weighted by atomic mass is 9.99. The summed E-state index contributed by atoms with van der Waals surface area (Å²) in [7, 11) is 0. The summed E-state index contributed by atoms with van der Waals surface area (Å²) in [5.74, 6) is 0.862. The Balaban J connectivity index is 1.50. The molecule has 0 radical (unpaired) electrons. The minimum absolute atomic E-state index is 0.0846. The van der Waals surface area contributed by atoms with Crippen molar-refractivity contribution < 1.29 is 4.79 Å². The molecule has 3 rings (SSSR count). The quantitative estimate of drug-likeness (QED) is 0.904. The fourth-order valence-electron chi connectivity index (χ4n) is 3.08. The van der Waals surface area contributed by atoms with Gasteiger partial charge in [0.05, 0.1) is 6.42 Å². The molecule has 1 aliphatic rings. The highest BCUT2D eigenvalue weighted by molar-refractivity contribution is 7.10. The Labute approximate surface area is 142 Å². The summed E-state index contributed by atoms with van der Waals surface area (Å²) in [4.78, 5) is 15.5. The van der Waals surface area contributed by atoms with Crippen LogP contribution >= 0.6 is 11.3 Å². The zero-order valence-electron chi connectivity index (χ0n) is 13.6. The summed E-state index contributed by atoms with van der Waals surface area (Å²) >= 11 is 1.62. The van der Waals surface area contributed by atoms with Gasteiger partial charge in [0.2, 0.25) is 5.91 Å². The topological polar surface area (TPSA) is 32.3 Å². The van der Waals surface area contributed by atoms with E-state index in [1.165, 1.54) is 18.5 Å². The molecular weight excluding hydrogens is 304 g/mol. The first-order chi connectivity index (χ1) is 11.2. The molecule has 1 N–H and O–H groups in total. The summed E-state index contributed by atoms with van der Waals surface area (Å²) in [6.07, 6.45) is 3.09. The maximum Gasteiger partial charge on any atom is 0.225 e. The molecule has 0 bridgehead atoms. The fourth-order valence-corrected chi connectivity index (χ4v) is 3.79. The largest absolute Gasteiger partial charge is 0.371 e. The van der Waals surface area contributed by atoms with Crippen molar-refractivity contribution in [2.75, 3.05) is 18.0 Å². The zero-order chi connectivity index (χ0) is 16.1. The minimum Gasteiger partial charge on any atom is -0.371 e. The van der Waals surface area contributed by atoms with Crippen molar-refractivity contribution in [1.29, 1.82) is 0 Å². The molecule has 4 heteroatoms. The Morgan fingerprint density at radius 3 is 2.83 bits per heavy atom. The van der Waals surface area contributed by atoms with Crippen molar-refractivity contribution >= 4 is 22.9 Å². The number of thiophene rings is 1. The van der Waals surface area contributed by atoms with Crippen LogP contribution in [0.1, 0.15) is 30.2 Å². The van der Waals surface area contributed by atoms with E-state index < -0.39 is 0 Å². The Kier molecular flexibility index (Phi) is 5.34. The van der Waals surface area contributed by atoms with Crippen LogP contribution in [0.4, 0.5) is 5.69 Å². The van der Waals surface area contributed by atoms with Crippen molar-refractivity contribution in [3.8, 4) is 0 Å². The second-order valence-corrected chi connectivity index (χ2v) is 7.42. The van der Waals surface area contributed by atoms with Crippen molar-refractivity contribution in [1.82, 2.24) is 5.32 Å². The van der Waals surface area contributed by atoms with E-state index in [1.54, 1.807) is 11.3 Å². The number of hydrogen-bond acceptors (Lipinski definition) is 3. The van der Waals surface area contributed by atoms with Gasteiger partial charge in [0, 0.05) is 30.2 Å². The standard InChI is InChI=1S/C19H24N2OS/c1-15-4-2-10-21(14-15)17-8-6-16(7-9-17)13-20-19(22)12-18-5-3-11-23-18/h3,5-9,11,15H,2,4,10,12-14H2,1H3,(H,20,22)/t15-/m1/s1. The summed E-state index contributed by atoms with van der Waals surface area (Å²) in [5.41, 5.74) is 2.45. The molecule has 23 heavy (non-hydrogen) atoms. The minimum atomic E-state index is 0.0846. The van der Waals surface area contributed by atoms with E-state index in [0.29, 0.717) is 13.0 Å². The molecule has 0 aliphatic carbocycles. The molecule has 122 valence electrons. The number of nitrogens with one attached hydrogen (secondary N) is 1. The van der Waals surface area contributed by atoms with Crippen LogP contribution in [0.15, 0.2) is 41.8 Å². The predicted octanol–water partition coefficient (Wildman–Crippen LogP) is 3.84. The number of hydrogen-bond donors (Lipinski definition) is 1. The molecule has 1 fully saturated rings. The molecule has 0 spiro atoms. The van der Waals surface area contributed by atoms with Gasteiger partial charge in [0.15, 0.2) is 0 Å². The SMILES string of the molecule is C[C@@H]1CCCN(c2ccc(CNC(=O)Cc3cccs3)cc2)C1. The van der Waals surface area contributed by atoms with Crippen molar-refractivity contribution in [2.24, 2.45) is 5.92 Å². The lowest BCUT2D eigenvalue weighted by Gasteiger charge is -2.32. The molecular formula is C19H24N2OS. The molecule has 2 heterocycles. The van der Waals surface area contributed by atoms with Gasteiger partial charge in [0.25, 0.3) is 0 Å². The van der Waals surface area contributed by atoms with Crippen LogP contribution < -0.4 is 10.2 Å². The lowest BCUT2D eigenvalue weighted by Crippen LogP contribution is -2.34. The van der Waals surface area contributed by atoms with Gasteiger partial charge >= 0.3 is 0 Å². The first kappa shape index (κ1) is 16.1. The summed E-state index contributed by atoms with van der Waals surface area (Å²) in [6, 6.07) is 12.6. The molecule has 1 aromatic carbocycles. The van der Waals surface area contributed by atoms with Gasteiger partial charge in [-0.1, -0.05) is 25.1 Å². The van der Waals surface area contributed by atoms with E-state index in [4.69, 9.17) is 0 Å². The van der Waals surface area contributed by atoms with Crippen molar-refractivity contribution in [3.63, 3.8) is 0 Å². The van der Waals surface area contributed by atoms with Gasteiger partial charge < -0.3 is 10.2 Å². The third-order valence-corrected chi connectivity index (χ3v) is 5.24. The van der Waals surface area contributed by atoms with Crippen LogP contribution in [-0.4, -0.2) is 19.0 Å². The molecule has 1 saturated heterocycles. The number of piperidine rings is 1. The molecule has 1 amide bonds. The first-order valence-electron chi connectivity index (χ1n) is 8.33. The Morgan fingerprint density at radius 1 is 1.30 bits per heavy atom. The van der Waals surface area contributed by atoms with E-state index in [1.807, 2.05) is 17.5 Å². The average Bonchev–Trinajstić information content (AvgIpc) is 3.06. The van der Waals surface area contributed by atoms with Gasteiger partial charge in [-0.25, -0.2) is 0 Å². The van der Waals surface area contributed by atoms with E-state index in [9.17, 15) is 4.79 Å². The molecule has 0 saturated carbocycles. The van der Waals surface area contributed by atoms with E-state index in [-0.39, 0.29) is 5.91 Å². The summed E-state index contributed by atoms with van der Waals surface area (Å²) in [6.45, 7) is 5.22. The highest BCUT2D eigenvalue weighted by Gasteiger charge is 2.16. The highest BCUT2D eigenvalue weighted by atomic mass is 32.1. The van der Waals surface area contributed by atoms with Crippen LogP contribution in [0.25, 0.3) is 0 Å². The van der Waals surface area contributed by atoms with Gasteiger partial charge in [-0.3, -0.25) is 4.79 Å². The maximum atomic E-state index is 11.9. The predicted molar refractivity (Wildman–Crippen MR) is 96.9 cm³/mol. The van der Waals surface area contributed by atoms with Crippen molar-refractivity contribution in [3.05, 3.63) is 52.2 Å². The second-order valence-electron chi connectivity index (χ2n) is 6.39. The molecule has 2 aromatic rings. The zero-order valence-corrected chi connectivity index (χ0v) is 14.4. The first-order valence-corrected chi connectivity index (χ1v) is 9.21. The van der Waals surface area contributed by atoms with Gasteiger partial charge in [-0.2, -0.15) is 0 Å². The second kappa shape index (κ2) is 7.64. The number of nitrogens with zero attached hydrogens (tertiary/aromatic N) is 1. The fraction of sp³-hybridized carbons (Fsp3) is 0.421. The Hall–Kier alpha value is -1.81. The average molecular weight is 328 g/mol. The third-order valence-electron chi connectivity index (χ3n) is 4.36. The van der Waals surface area contributed by atoms with Gasteiger partial charge in [0.1, 0.15) is 0 Å². The van der Waals surface area contributed by atoms with E-state index >= 15 is 0 Å². The number of carbonyl (C=O) groups is 1. The van der Waals surface area contributed by atoms with E-state index in [2.05, 4.69) is 41.4 Å². The highest BCUT2D eigenvalue weighted by Crippen LogP contribution is 2.23. The molecule has 3 nitrogen and oxygen atoms in total. The number of amides is 1. The van der Waals surface area contributed by atoms with E-state index in [0.717, 1.165) is 29.4 Å². The number of benzene rings is 1. The smallest absolute Gasteiger partial charge is 0.225 e. The third kappa shape index (κ3) is 4.58. The normalized spacial score (nSPS) is 18.0. The van der Waals surface area contributed by atoms with Crippen LogP contribution in [0.2, 0.25) is 0 Å². The summed E-state index contributed by atoms with van der Waals surface area (Å²) < 4.78 is 0. The lowest BCUT2D eigenvalue weighted by molar-refractivity contribution is -0.120.